The molecule has 6 rings (SSSR count). The minimum atomic E-state index is -1.23. The summed E-state index contributed by atoms with van der Waals surface area (Å²) >= 11 is 0. The molecule has 1 aliphatic rings. The standard InChI is InChI=1S/C38H34N6O9/c1-22(52-38(49)53-26-10-4-3-5-11-26)51-37(48)28-13-7-9-23-8-6-12-27(33(23)28)35(46)40-32-21-19-30(42-44-32)29-18-20-31(43-41-29)39-34(45)24-14-16-25(17-15-24)36(47)50-2/h6-9,12-22,26H,3-5,10-11H2,1-2H3,(H,39,43,45)(H,40,44,46). The number of carbonyl (C=O) groups excluding carboxylic acids is 5. The Balaban J connectivity index is 1.08. The van der Waals surface area contributed by atoms with Gasteiger partial charge in [0, 0.05) is 23.4 Å². The number of ether oxygens (including phenoxy) is 4. The molecule has 15 heteroatoms. The predicted molar refractivity (Wildman–Crippen MR) is 190 cm³/mol. The lowest BCUT2D eigenvalue weighted by atomic mass is 9.98. The summed E-state index contributed by atoms with van der Waals surface area (Å²) < 4.78 is 20.6. The van der Waals surface area contributed by atoms with Crippen LogP contribution in [-0.2, 0) is 18.9 Å². The van der Waals surface area contributed by atoms with E-state index in [9.17, 15) is 24.0 Å². The second-order valence-corrected chi connectivity index (χ2v) is 12.0. The average molecular weight is 719 g/mol. The van der Waals surface area contributed by atoms with Gasteiger partial charge in [-0.25, -0.2) is 14.4 Å². The van der Waals surface area contributed by atoms with Crippen molar-refractivity contribution in [2.24, 2.45) is 0 Å². The summed E-state index contributed by atoms with van der Waals surface area (Å²) in [5.41, 5.74) is 1.59. The number of fused-ring (bicyclic) bond motifs is 1. The van der Waals surface area contributed by atoms with Crippen molar-refractivity contribution in [1.29, 1.82) is 0 Å². The third-order valence-corrected chi connectivity index (χ3v) is 8.36. The summed E-state index contributed by atoms with van der Waals surface area (Å²) in [5, 5.41) is 22.7. The highest BCUT2D eigenvalue weighted by Crippen LogP contribution is 2.26. The first-order chi connectivity index (χ1) is 25.7. The van der Waals surface area contributed by atoms with Gasteiger partial charge >= 0.3 is 18.1 Å². The molecule has 0 aliphatic heterocycles. The lowest BCUT2D eigenvalue weighted by Gasteiger charge is -2.22. The van der Waals surface area contributed by atoms with Crippen molar-refractivity contribution in [1.82, 2.24) is 20.4 Å². The second-order valence-electron chi connectivity index (χ2n) is 12.0. The van der Waals surface area contributed by atoms with Gasteiger partial charge in [-0.2, -0.15) is 0 Å². The van der Waals surface area contributed by atoms with Gasteiger partial charge in [0.1, 0.15) is 17.5 Å². The van der Waals surface area contributed by atoms with Crippen LogP contribution in [0.3, 0.4) is 0 Å². The highest BCUT2D eigenvalue weighted by Gasteiger charge is 2.24. The van der Waals surface area contributed by atoms with Crippen LogP contribution in [0.5, 0.6) is 0 Å². The molecule has 5 aromatic rings. The Morgan fingerprint density at radius 2 is 1.23 bits per heavy atom. The molecule has 2 N–H and O–H groups in total. The minimum Gasteiger partial charge on any atom is -0.465 e. The molecule has 2 amide bonds. The van der Waals surface area contributed by atoms with Crippen LogP contribution in [0.1, 0.15) is 80.5 Å². The SMILES string of the molecule is COC(=O)c1ccc(C(=O)Nc2ccc(-c3ccc(NC(=O)c4cccc5cccc(C(=O)OC(C)OC(=O)OC6CCCCC6)c45)nn3)nn2)cc1. The zero-order chi connectivity index (χ0) is 37.3. The molecule has 0 radical (unpaired) electrons. The number of methoxy groups -OCH3 is 1. The van der Waals surface area contributed by atoms with Crippen LogP contribution in [0.15, 0.2) is 84.9 Å². The number of carbonyl (C=O) groups is 5. The molecule has 1 aliphatic carbocycles. The Kier molecular flexibility index (Phi) is 11.2. The summed E-state index contributed by atoms with van der Waals surface area (Å²) in [6.45, 7) is 1.41. The molecule has 53 heavy (non-hydrogen) atoms. The van der Waals surface area contributed by atoms with E-state index in [1.54, 1.807) is 48.5 Å². The van der Waals surface area contributed by atoms with Crippen LogP contribution < -0.4 is 10.6 Å². The normalized spacial score (nSPS) is 13.3. The minimum absolute atomic E-state index is 0.0976. The molecule has 3 aromatic carbocycles. The maximum atomic E-state index is 13.5. The van der Waals surface area contributed by atoms with E-state index in [1.807, 2.05) is 0 Å². The summed E-state index contributed by atoms with van der Waals surface area (Å²) in [5.74, 6) is -2.00. The van der Waals surface area contributed by atoms with E-state index in [-0.39, 0.29) is 28.9 Å². The maximum absolute atomic E-state index is 13.5. The molecule has 2 heterocycles. The van der Waals surface area contributed by atoms with Crippen LogP contribution in [-0.4, -0.2) is 69.8 Å². The van der Waals surface area contributed by atoms with Crippen molar-refractivity contribution in [3.8, 4) is 11.4 Å². The van der Waals surface area contributed by atoms with E-state index in [1.165, 1.54) is 50.4 Å². The molecular weight excluding hydrogens is 684 g/mol. The first-order valence-electron chi connectivity index (χ1n) is 16.8. The fraction of sp³-hybridized carbons (Fsp3) is 0.237. The Morgan fingerprint density at radius 3 is 1.81 bits per heavy atom. The van der Waals surface area contributed by atoms with Crippen molar-refractivity contribution in [2.75, 3.05) is 17.7 Å². The lowest BCUT2D eigenvalue weighted by molar-refractivity contribution is -0.0914. The number of esters is 2. The Labute approximate surface area is 303 Å². The van der Waals surface area contributed by atoms with E-state index in [4.69, 9.17) is 14.2 Å². The maximum Gasteiger partial charge on any atom is 0.511 e. The van der Waals surface area contributed by atoms with Gasteiger partial charge in [-0.3, -0.25) is 9.59 Å². The predicted octanol–water partition coefficient (Wildman–Crippen LogP) is 6.37. The van der Waals surface area contributed by atoms with Crippen LogP contribution in [0.4, 0.5) is 16.4 Å². The van der Waals surface area contributed by atoms with Gasteiger partial charge in [-0.05, 0) is 91.7 Å². The molecule has 0 bridgehead atoms. The Bertz CT molecular complexity index is 2130. The van der Waals surface area contributed by atoms with Gasteiger partial charge in [0.25, 0.3) is 11.8 Å². The molecule has 1 saturated carbocycles. The number of amides is 2. The summed E-state index contributed by atoms with van der Waals surface area (Å²) in [7, 11) is 1.27. The molecule has 0 saturated heterocycles. The number of hydrogen-bond acceptors (Lipinski definition) is 13. The summed E-state index contributed by atoms with van der Waals surface area (Å²) in [4.78, 5) is 63.3. The monoisotopic (exact) mass is 718 g/mol. The molecule has 1 fully saturated rings. The summed E-state index contributed by atoms with van der Waals surface area (Å²) in [6, 6.07) is 22.1. The van der Waals surface area contributed by atoms with E-state index in [0.717, 1.165) is 32.1 Å². The van der Waals surface area contributed by atoms with Gasteiger partial charge < -0.3 is 29.6 Å². The zero-order valence-corrected chi connectivity index (χ0v) is 28.7. The largest absolute Gasteiger partial charge is 0.511 e. The number of hydrogen-bond donors (Lipinski definition) is 2. The third kappa shape index (κ3) is 8.94. The van der Waals surface area contributed by atoms with Crippen molar-refractivity contribution in [3.63, 3.8) is 0 Å². The number of nitrogens with zero attached hydrogens (tertiary/aromatic N) is 4. The van der Waals surface area contributed by atoms with E-state index in [0.29, 0.717) is 33.3 Å². The molecule has 15 nitrogen and oxygen atoms in total. The third-order valence-electron chi connectivity index (χ3n) is 8.36. The molecule has 1 atom stereocenters. The van der Waals surface area contributed by atoms with E-state index in [2.05, 4.69) is 35.8 Å². The van der Waals surface area contributed by atoms with Crippen LogP contribution in [0, 0.1) is 0 Å². The number of rotatable bonds is 10. The summed E-state index contributed by atoms with van der Waals surface area (Å²) in [6.07, 6.45) is 2.24. The highest BCUT2D eigenvalue weighted by molar-refractivity contribution is 6.17. The molecule has 270 valence electrons. The molecular formula is C38H34N6O9. The first-order valence-corrected chi connectivity index (χ1v) is 16.8. The second kappa shape index (κ2) is 16.5. The molecule has 0 spiro atoms. The van der Waals surface area contributed by atoms with Gasteiger partial charge in [-0.1, -0.05) is 30.7 Å². The van der Waals surface area contributed by atoms with Crippen molar-refractivity contribution < 1.29 is 42.9 Å². The van der Waals surface area contributed by atoms with Crippen molar-refractivity contribution in [2.45, 2.75) is 51.4 Å². The van der Waals surface area contributed by atoms with Gasteiger partial charge in [-0.15, -0.1) is 20.4 Å². The Morgan fingerprint density at radius 1 is 0.642 bits per heavy atom. The fourth-order valence-corrected chi connectivity index (χ4v) is 5.74. The fourth-order valence-electron chi connectivity index (χ4n) is 5.74. The number of anilines is 2. The van der Waals surface area contributed by atoms with Gasteiger partial charge in [0.2, 0.25) is 6.29 Å². The number of aromatic nitrogens is 4. The quantitative estimate of drug-likeness (QED) is 0.0919. The van der Waals surface area contributed by atoms with Crippen LogP contribution in [0.2, 0.25) is 0 Å². The smallest absolute Gasteiger partial charge is 0.465 e. The number of nitrogens with one attached hydrogen (secondary N) is 2. The van der Waals surface area contributed by atoms with Crippen LogP contribution >= 0.6 is 0 Å². The Hall–Kier alpha value is -6.77. The van der Waals surface area contributed by atoms with Crippen molar-refractivity contribution in [3.05, 3.63) is 107 Å². The van der Waals surface area contributed by atoms with E-state index < -0.39 is 36.2 Å². The van der Waals surface area contributed by atoms with Crippen molar-refractivity contribution >= 4 is 52.3 Å². The lowest BCUT2D eigenvalue weighted by Crippen LogP contribution is -2.26. The molecule has 2 aromatic heterocycles. The highest BCUT2D eigenvalue weighted by atomic mass is 16.8. The molecule has 1 unspecified atom stereocenters. The topological polar surface area (TPSA) is 198 Å². The van der Waals surface area contributed by atoms with E-state index >= 15 is 0 Å². The van der Waals surface area contributed by atoms with Crippen LogP contribution in [0.25, 0.3) is 22.2 Å². The zero-order valence-electron chi connectivity index (χ0n) is 28.7. The number of benzene rings is 3. The average Bonchev–Trinajstić information content (AvgIpc) is 3.18. The van der Waals surface area contributed by atoms with Gasteiger partial charge in [0.05, 0.1) is 18.2 Å². The van der Waals surface area contributed by atoms with Gasteiger partial charge in [0.15, 0.2) is 11.6 Å². The first kappa shape index (κ1) is 36.0.